The molecule has 2 aromatic carbocycles. The van der Waals surface area contributed by atoms with Crippen molar-refractivity contribution in [2.24, 2.45) is 0 Å². The molecule has 8 heteroatoms. The zero-order valence-electron chi connectivity index (χ0n) is 19.3. The highest BCUT2D eigenvalue weighted by Crippen LogP contribution is 2.41. The van der Waals surface area contributed by atoms with Crippen molar-refractivity contribution in [3.8, 4) is 11.5 Å². The number of hydrogen-bond acceptors (Lipinski definition) is 6. The van der Waals surface area contributed by atoms with Gasteiger partial charge in [-0.25, -0.2) is 0 Å². The Kier molecular flexibility index (Phi) is 6.84. The lowest BCUT2D eigenvalue weighted by atomic mass is 9.95. The molecular weight excluding hydrogens is 458 g/mol. The molecule has 1 aromatic heterocycles. The van der Waals surface area contributed by atoms with E-state index in [1.807, 2.05) is 13.8 Å². The number of ketones is 1. The van der Waals surface area contributed by atoms with Crippen molar-refractivity contribution in [2.75, 3.05) is 20.3 Å². The smallest absolute Gasteiger partial charge is 0.290 e. The molecule has 0 saturated heterocycles. The standard InChI is InChI=1S/C26H26ClNO6/c1-4-10-28-22(15-6-8-18(9-7-15)33-11-5-2)21(24(30)26(28)31)23(29)19-13-16-12-17(27)14-20(32-3)25(16)34-19/h6-9,12-14,22,30H,4-5,10-11H2,1-3H3. The molecule has 34 heavy (non-hydrogen) atoms. The van der Waals surface area contributed by atoms with Crippen molar-refractivity contribution < 1.29 is 28.6 Å². The van der Waals surface area contributed by atoms with E-state index in [0.29, 0.717) is 52.6 Å². The molecule has 1 N–H and O–H groups in total. The Bertz CT molecular complexity index is 1260. The van der Waals surface area contributed by atoms with Crippen LogP contribution in [-0.2, 0) is 4.79 Å². The predicted octanol–water partition coefficient (Wildman–Crippen LogP) is 5.87. The Hall–Kier alpha value is -3.45. The topological polar surface area (TPSA) is 89.2 Å². The van der Waals surface area contributed by atoms with E-state index in [1.165, 1.54) is 18.1 Å². The van der Waals surface area contributed by atoms with E-state index in [4.69, 9.17) is 25.5 Å². The first-order chi connectivity index (χ1) is 16.4. The van der Waals surface area contributed by atoms with E-state index in [1.54, 1.807) is 36.4 Å². The lowest BCUT2D eigenvalue weighted by Gasteiger charge is -2.26. The number of amides is 1. The maximum absolute atomic E-state index is 13.6. The molecule has 1 unspecified atom stereocenters. The fourth-order valence-corrected chi connectivity index (χ4v) is 4.37. The van der Waals surface area contributed by atoms with E-state index < -0.39 is 23.5 Å². The number of hydrogen-bond donors (Lipinski definition) is 1. The first-order valence-corrected chi connectivity index (χ1v) is 11.6. The van der Waals surface area contributed by atoms with Crippen LogP contribution in [0.1, 0.15) is 48.8 Å². The van der Waals surface area contributed by atoms with Crippen LogP contribution in [0, 0.1) is 0 Å². The van der Waals surface area contributed by atoms with Gasteiger partial charge in [0.1, 0.15) is 5.75 Å². The van der Waals surface area contributed by atoms with Gasteiger partial charge in [-0.1, -0.05) is 37.6 Å². The molecule has 0 radical (unpaired) electrons. The number of rotatable bonds is 9. The molecule has 2 heterocycles. The number of nitrogens with zero attached hydrogens (tertiary/aromatic N) is 1. The molecule has 0 fully saturated rings. The average Bonchev–Trinajstić information content (AvgIpc) is 3.37. The number of furan rings is 1. The molecule has 1 aliphatic heterocycles. The summed E-state index contributed by atoms with van der Waals surface area (Å²) in [7, 11) is 1.48. The maximum atomic E-state index is 13.6. The third-order valence-corrected chi connectivity index (χ3v) is 5.89. The van der Waals surface area contributed by atoms with Crippen LogP contribution in [-0.4, -0.2) is 42.0 Å². The summed E-state index contributed by atoms with van der Waals surface area (Å²) in [5.74, 6) is -0.668. The fourth-order valence-electron chi connectivity index (χ4n) is 4.15. The number of halogens is 1. The monoisotopic (exact) mass is 483 g/mol. The number of methoxy groups -OCH3 is 1. The van der Waals surface area contributed by atoms with Gasteiger partial charge in [-0.2, -0.15) is 0 Å². The molecule has 0 saturated carbocycles. The lowest BCUT2D eigenvalue weighted by molar-refractivity contribution is -0.129. The highest BCUT2D eigenvalue weighted by atomic mass is 35.5. The van der Waals surface area contributed by atoms with Crippen LogP contribution in [0.5, 0.6) is 11.5 Å². The van der Waals surface area contributed by atoms with Crippen molar-refractivity contribution >= 4 is 34.3 Å². The number of ether oxygens (including phenoxy) is 2. The second kappa shape index (κ2) is 9.81. The summed E-state index contributed by atoms with van der Waals surface area (Å²) in [6.45, 7) is 4.92. The predicted molar refractivity (Wildman–Crippen MR) is 129 cm³/mol. The molecular formula is C26H26ClNO6. The van der Waals surface area contributed by atoms with Crippen molar-refractivity contribution in [2.45, 2.75) is 32.7 Å². The fraction of sp³-hybridized carbons (Fsp3) is 0.308. The van der Waals surface area contributed by atoms with E-state index in [-0.39, 0.29) is 11.3 Å². The van der Waals surface area contributed by atoms with Crippen LogP contribution in [0.25, 0.3) is 11.0 Å². The second-order valence-electron chi connectivity index (χ2n) is 8.05. The molecule has 0 bridgehead atoms. The third kappa shape index (κ3) is 4.23. The molecule has 1 atom stereocenters. The van der Waals surface area contributed by atoms with Gasteiger partial charge in [0.05, 0.1) is 25.3 Å². The number of fused-ring (bicyclic) bond motifs is 1. The van der Waals surface area contributed by atoms with Gasteiger partial charge in [0, 0.05) is 23.0 Å². The van der Waals surface area contributed by atoms with Crippen LogP contribution in [0.15, 0.2) is 58.2 Å². The van der Waals surface area contributed by atoms with Gasteiger partial charge in [0.2, 0.25) is 5.78 Å². The molecule has 4 rings (SSSR count). The molecule has 1 aliphatic rings. The highest BCUT2D eigenvalue weighted by Gasteiger charge is 2.44. The van der Waals surface area contributed by atoms with Gasteiger partial charge in [0.15, 0.2) is 22.9 Å². The second-order valence-corrected chi connectivity index (χ2v) is 8.48. The minimum atomic E-state index is -0.751. The summed E-state index contributed by atoms with van der Waals surface area (Å²) in [5.41, 5.74) is 1.03. The van der Waals surface area contributed by atoms with Gasteiger partial charge in [-0.3, -0.25) is 9.59 Å². The first kappa shape index (κ1) is 23.7. The Morgan fingerprint density at radius 2 is 1.88 bits per heavy atom. The van der Waals surface area contributed by atoms with Gasteiger partial charge >= 0.3 is 0 Å². The van der Waals surface area contributed by atoms with Crippen molar-refractivity contribution in [1.29, 1.82) is 0 Å². The van der Waals surface area contributed by atoms with E-state index >= 15 is 0 Å². The molecule has 0 aliphatic carbocycles. The van der Waals surface area contributed by atoms with Crippen LogP contribution in [0.3, 0.4) is 0 Å². The third-order valence-electron chi connectivity index (χ3n) is 5.67. The molecule has 7 nitrogen and oxygen atoms in total. The number of aliphatic hydroxyl groups excluding tert-OH is 1. The Morgan fingerprint density at radius 3 is 2.53 bits per heavy atom. The summed E-state index contributed by atoms with van der Waals surface area (Å²) >= 11 is 6.14. The summed E-state index contributed by atoms with van der Waals surface area (Å²) < 4.78 is 16.8. The minimum Gasteiger partial charge on any atom is -0.503 e. The molecule has 1 amide bonds. The van der Waals surface area contributed by atoms with E-state index in [2.05, 4.69) is 0 Å². The minimum absolute atomic E-state index is 0.0174. The van der Waals surface area contributed by atoms with E-state index in [0.717, 1.165) is 6.42 Å². The van der Waals surface area contributed by atoms with Gasteiger partial charge in [0.25, 0.3) is 5.91 Å². The van der Waals surface area contributed by atoms with Crippen LogP contribution < -0.4 is 9.47 Å². The molecule has 3 aromatic rings. The maximum Gasteiger partial charge on any atom is 0.290 e. The van der Waals surface area contributed by atoms with E-state index in [9.17, 15) is 14.7 Å². The van der Waals surface area contributed by atoms with Gasteiger partial charge in [-0.15, -0.1) is 0 Å². The highest BCUT2D eigenvalue weighted by molar-refractivity contribution is 6.31. The summed E-state index contributed by atoms with van der Waals surface area (Å²) in [6.07, 6.45) is 1.54. The van der Waals surface area contributed by atoms with Crippen molar-refractivity contribution in [3.05, 3.63) is 70.1 Å². The van der Waals surface area contributed by atoms with Gasteiger partial charge in [-0.05, 0) is 42.7 Å². The van der Waals surface area contributed by atoms with Crippen LogP contribution in [0.4, 0.5) is 0 Å². The number of Topliss-reactive ketones (excluding diaryl/α,β-unsaturated/α-hetero) is 1. The summed E-state index contributed by atoms with van der Waals surface area (Å²) in [5, 5.41) is 11.8. The normalized spacial score (nSPS) is 15.9. The number of benzene rings is 2. The number of carbonyl (C=O) groups is 2. The van der Waals surface area contributed by atoms with Crippen LogP contribution >= 0.6 is 11.6 Å². The molecule has 178 valence electrons. The van der Waals surface area contributed by atoms with Gasteiger partial charge < -0.3 is 23.9 Å². The zero-order valence-corrected chi connectivity index (χ0v) is 20.0. The van der Waals surface area contributed by atoms with Crippen LogP contribution in [0.2, 0.25) is 5.02 Å². The SMILES string of the molecule is CCCOc1ccc(C2C(C(=O)c3cc4cc(Cl)cc(OC)c4o3)=C(O)C(=O)N2CCC)cc1. The summed E-state index contributed by atoms with van der Waals surface area (Å²) in [4.78, 5) is 28.0. The largest absolute Gasteiger partial charge is 0.503 e. The quantitative estimate of drug-likeness (QED) is 0.383. The Morgan fingerprint density at radius 1 is 1.15 bits per heavy atom. The van der Waals surface area contributed by atoms with Crippen molar-refractivity contribution in [3.63, 3.8) is 0 Å². The van der Waals surface area contributed by atoms with Crippen molar-refractivity contribution in [1.82, 2.24) is 4.90 Å². The molecule has 0 spiro atoms. The average molecular weight is 484 g/mol. The summed E-state index contributed by atoms with van der Waals surface area (Å²) in [6, 6.07) is 11.2. The number of aliphatic hydroxyl groups is 1. The zero-order chi connectivity index (χ0) is 24.4. The Balaban J connectivity index is 1.77. The number of carbonyl (C=O) groups excluding carboxylic acids is 2. The Labute approximate surface area is 202 Å². The first-order valence-electron chi connectivity index (χ1n) is 11.2. The lowest BCUT2D eigenvalue weighted by Crippen LogP contribution is -2.31.